The smallest absolute Gasteiger partial charge is 0.258 e. The SMILES string of the molecule is COc1cc(SC)c(OC)cc1CN1CCC[C@@H]1c1ccc(C(N)=O)s1. The van der Waals surface area contributed by atoms with Gasteiger partial charge in [0.15, 0.2) is 0 Å². The summed E-state index contributed by atoms with van der Waals surface area (Å²) in [5.41, 5.74) is 6.52. The molecule has 2 aromatic rings. The van der Waals surface area contributed by atoms with Crippen molar-refractivity contribution < 1.29 is 14.3 Å². The highest BCUT2D eigenvalue weighted by Gasteiger charge is 2.28. The first-order valence-corrected chi connectivity index (χ1v) is 10.5. The Morgan fingerprint density at radius 3 is 2.69 bits per heavy atom. The van der Waals surface area contributed by atoms with Crippen LogP contribution in [0, 0.1) is 0 Å². The van der Waals surface area contributed by atoms with Crippen LogP contribution in [-0.2, 0) is 6.54 Å². The van der Waals surface area contributed by atoms with Crippen LogP contribution in [0.3, 0.4) is 0 Å². The number of amides is 1. The number of benzene rings is 1. The number of thiophene rings is 1. The number of methoxy groups -OCH3 is 2. The Morgan fingerprint density at radius 1 is 1.31 bits per heavy atom. The van der Waals surface area contributed by atoms with Crippen molar-refractivity contribution in [2.24, 2.45) is 5.73 Å². The van der Waals surface area contributed by atoms with Crippen LogP contribution >= 0.6 is 23.1 Å². The molecule has 1 aromatic heterocycles. The molecule has 0 saturated carbocycles. The Labute approximate surface area is 162 Å². The first-order valence-electron chi connectivity index (χ1n) is 8.49. The van der Waals surface area contributed by atoms with E-state index >= 15 is 0 Å². The Hall–Kier alpha value is -1.70. The van der Waals surface area contributed by atoms with Gasteiger partial charge in [0.2, 0.25) is 0 Å². The highest BCUT2D eigenvalue weighted by molar-refractivity contribution is 7.98. The second kappa shape index (κ2) is 8.33. The van der Waals surface area contributed by atoms with Gasteiger partial charge >= 0.3 is 0 Å². The molecule has 2 N–H and O–H groups in total. The maximum Gasteiger partial charge on any atom is 0.258 e. The third-order valence-electron chi connectivity index (χ3n) is 4.72. The summed E-state index contributed by atoms with van der Waals surface area (Å²) in [6.45, 7) is 1.80. The fourth-order valence-electron chi connectivity index (χ4n) is 3.44. The number of nitrogens with two attached hydrogens (primary N) is 1. The number of thioether (sulfide) groups is 1. The second-order valence-electron chi connectivity index (χ2n) is 6.21. The zero-order valence-electron chi connectivity index (χ0n) is 15.3. The summed E-state index contributed by atoms with van der Waals surface area (Å²) in [7, 11) is 3.40. The van der Waals surface area contributed by atoms with Crippen LogP contribution in [0.5, 0.6) is 11.5 Å². The normalized spacial score (nSPS) is 17.4. The molecule has 1 aromatic carbocycles. The molecule has 3 rings (SSSR count). The third-order valence-corrected chi connectivity index (χ3v) is 6.68. The molecule has 0 unspecified atom stereocenters. The van der Waals surface area contributed by atoms with Gasteiger partial charge in [-0.2, -0.15) is 0 Å². The lowest BCUT2D eigenvalue weighted by Crippen LogP contribution is -2.22. The van der Waals surface area contributed by atoms with Crippen LogP contribution in [-0.4, -0.2) is 37.8 Å². The predicted octanol–water partition coefficient (Wildman–Crippen LogP) is 3.92. The Morgan fingerprint density at radius 2 is 2.08 bits per heavy atom. The monoisotopic (exact) mass is 392 g/mol. The summed E-state index contributed by atoms with van der Waals surface area (Å²) < 4.78 is 11.2. The van der Waals surface area contributed by atoms with Crippen LogP contribution in [0.25, 0.3) is 0 Å². The maximum absolute atomic E-state index is 11.4. The number of rotatable bonds is 7. The number of hydrogen-bond donors (Lipinski definition) is 1. The largest absolute Gasteiger partial charge is 0.496 e. The van der Waals surface area contributed by atoms with Crippen molar-refractivity contribution in [3.8, 4) is 11.5 Å². The summed E-state index contributed by atoms with van der Waals surface area (Å²) >= 11 is 3.14. The number of carbonyl (C=O) groups is 1. The van der Waals surface area contributed by atoms with E-state index in [4.69, 9.17) is 15.2 Å². The van der Waals surface area contributed by atoms with Gasteiger partial charge in [0.1, 0.15) is 11.5 Å². The Balaban J connectivity index is 1.85. The van der Waals surface area contributed by atoms with Crippen LogP contribution in [0.1, 0.15) is 39.0 Å². The number of ether oxygens (including phenoxy) is 2. The third kappa shape index (κ3) is 3.84. The number of nitrogens with zero attached hydrogens (tertiary/aromatic N) is 1. The van der Waals surface area contributed by atoms with Gasteiger partial charge in [-0.1, -0.05) is 0 Å². The molecule has 1 aliphatic heterocycles. The molecule has 1 saturated heterocycles. The number of hydrogen-bond acceptors (Lipinski definition) is 6. The lowest BCUT2D eigenvalue weighted by molar-refractivity contribution is 0.100. The fraction of sp³-hybridized carbons (Fsp3) is 0.421. The van der Waals surface area contributed by atoms with Crippen molar-refractivity contribution in [3.05, 3.63) is 39.6 Å². The van der Waals surface area contributed by atoms with Crippen molar-refractivity contribution >= 4 is 29.0 Å². The molecule has 1 atom stereocenters. The predicted molar refractivity (Wildman–Crippen MR) is 107 cm³/mol. The summed E-state index contributed by atoms with van der Waals surface area (Å²) in [5, 5.41) is 0. The topological polar surface area (TPSA) is 64.8 Å². The van der Waals surface area contributed by atoms with Gasteiger partial charge in [-0.05, 0) is 49.9 Å². The molecular formula is C19H24N2O3S2. The first kappa shape index (κ1) is 19.1. The van der Waals surface area contributed by atoms with E-state index in [0.29, 0.717) is 10.9 Å². The molecule has 1 aliphatic rings. The van der Waals surface area contributed by atoms with Gasteiger partial charge < -0.3 is 15.2 Å². The zero-order valence-corrected chi connectivity index (χ0v) is 16.9. The highest BCUT2D eigenvalue weighted by atomic mass is 32.2. The van der Waals surface area contributed by atoms with E-state index in [0.717, 1.165) is 47.9 Å². The van der Waals surface area contributed by atoms with Crippen molar-refractivity contribution in [2.45, 2.75) is 30.3 Å². The minimum Gasteiger partial charge on any atom is -0.496 e. The summed E-state index contributed by atoms with van der Waals surface area (Å²) in [6.07, 6.45) is 4.25. The fourth-order valence-corrected chi connectivity index (χ4v) is 5.03. The average Bonchev–Trinajstić information content (AvgIpc) is 3.30. The number of primary amides is 1. The molecular weight excluding hydrogens is 368 g/mol. The van der Waals surface area contributed by atoms with Gasteiger partial charge in [-0.25, -0.2) is 0 Å². The minimum atomic E-state index is -0.357. The van der Waals surface area contributed by atoms with Crippen molar-refractivity contribution in [1.82, 2.24) is 4.90 Å². The van der Waals surface area contributed by atoms with Gasteiger partial charge in [-0.15, -0.1) is 23.1 Å². The molecule has 0 radical (unpaired) electrons. The quantitative estimate of drug-likeness (QED) is 0.724. The molecule has 2 heterocycles. The number of likely N-dealkylation sites (tertiary alicyclic amines) is 1. The zero-order chi connectivity index (χ0) is 18.7. The molecule has 5 nitrogen and oxygen atoms in total. The van der Waals surface area contributed by atoms with E-state index in [1.807, 2.05) is 24.5 Å². The van der Waals surface area contributed by atoms with Gasteiger partial charge in [-0.3, -0.25) is 9.69 Å². The standard InChI is InChI=1S/C19H24N2O3S2/c1-23-14-10-18(25-3)15(24-2)9-12(14)11-21-8-4-5-13(21)16-6-7-17(26-16)19(20)22/h6-7,9-10,13H,4-5,8,11H2,1-3H3,(H2,20,22)/t13-/m1/s1. The molecule has 0 spiro atoms. The molecule has 1 fully saturated rings. The van der Waals surface area contributed by atoms with E-state index < -0.39 is 0 Å². The molecule has 1 amide bonds. The summed E-state index contributed by atoms with van der Waals surface area (Å²) in [6, 6.07) is 8.28. The van der Waals surface area contributed by atoms with E-state index in [2.05, 4.69) is 11.0 Å². The van der Waals surface area contributed by atoms with Crippen molar-refractivity contribution in [1.29, 1.82) is 0 Å². The Bertz CT molecular complexity index is 791. The maximum atomic E-state index is 11.4. The lowest BCUT2D eigenvalue weighted by Gasteiger charge is -2.25. The van der Waals surface area contributed by atoms with E-state index in [9.17, 15) is 4.79 Å². The van der Waals surface area contributed by atoms with E-state index in [1.54, 1.807) is 26.0 Å². The van der Waals surface area contributed by atoms with Crippen LogP contribution in [0.15, 0.2) is 29.2 Å². The number of carbonyl (C=O) groups excluding carboxylic acids is 1. The van der Waals surface area contributed by atoms with Crippen LogP contribution in [0.2, 0.25) is 0 Å². The molecule has 140 valence electrons. The molecule has 0 bridgehead atoms. The highest BCUT2D eigenvalue weighted by Crippen LogP contribution is 2.40. The average molecular weight is 393 g/mol. The second-order valence-corrected chi connectivity index (χ2v) is 8.18. The first-order chi connectivity index (χ1) is 12.6. The van der Waals surface area contributed by atoms with Crippen LogP contribution in [0.4, 0.5) is 0 Å². The molecule has 7 heteroatoms. The Kier molecular flexibility index (Phi) is 6.11. The van der Waals surface area contributed by atoms with E-state index in [1.165, 1.54) is 16.2 Å². The van der Waals surface area contributed by atoms with Gasteiger partial charge in [0, 0.05) is 23.0 Å². The van der Waals surface area contributed by atoms with Gasteiger partial charge in [0.05, 0.1) is 24.0 Å². The minimum absolute atomic E-state index is 0.309. The van der Waals surface area contributed by atoms with Gasteiger partial charge in [0.25, 0.3) is 5.91 Å². The van der Waals surface area contributed by atoms with Crippen molar-refractivity contribution in [3.63, 3.8) is 0 Å². The van der Waals surface area contributed by atoms with Crippen molar-refractivity contribution in [2.75, 3.05) is 27.0 Å². The summed E-state index contributed by atoms with van der Waals surface area (Å²) in [4.78, 5) is 16.7. The van der Waals surface area contributed by atoms with Crippen LogP contribution < -0.4 is 15.2 Å². The summed E-state index contributed by atoms with van der Waals surface area (Å²) in [5.74, 6) is 1.39. The lowest BCUT2D eigenvalue weighted by atomic mass is 10.1. The molecule has 26 heavy (non-hydrogen) atoms. The van der Waals surface area contributed by atoms with E-state index in [-0.39, 0.29) is 5.91 Å². The molecule has 0 aliphatic carbocycles.